The molecule has 0 aliphatic carbocycles. The number of nitrogens with one attached hydrogen (secondary N) is 2. The summed E-state index contributed by atoms with van der Waals surface area (Å²) < 4.78 is 5.47. The highest BCUT2D eigenvalue weighted by molar-refractivity contribution is 7.98. The van der Waals surface area contributed by atoms with E-state index in [1.807, 2.05) is 74.6 Å². The van der Waals surface area contributed by atoms with Crippen molar-refractivity contribution in [3.8, 4) is 5.75 Å². The fourth-order valence-corrected chi connectivity index (χ4v) is 3.74. The molecule has 3 aromatic rings. The number of aryl methyl sites for hydroxylation is 1. The number of carbonyl (C=O) groups excluding carboxylic acids is 1. The van der Waals surface area contributed by atoms with Gasteiger partial charge >= 0.3 is 6.03 Å². The monoisotopic (exact) mass is 393 g/mol. The molecule has 0 spiro atoms. The number of urea groups is 1. The zero-order chi connectivity index (χ0) is 19.9. The van der Waals surface area contributed by atoms with Crippen LogP contribution in [0.2, 0.25) is 0 Å². The van der Waals surface area contributed by atoms with E-state index in [0.29, 0.717) is 0 Å². The molecule has 2 aromatic carbocycles. The van der Waals surface area contributed by atoms with Gasteiger partial charge in [-0.15, -0.1) is 11.8 Å². The number of amides is 2. The molecular weight excluding hydrogens is 370 g/mol. The van der Waals surface area contributed by atoms with Crippen molar-refractivity contribution in [1.29, 1.82) is 0 Å². The van der Waals surface area contributed by atoms with Crippen LogP contribution in [0.25, 0.3) is 0 Å². The van der Waals surface area contributed by atoms with Crippen LogP contribution >= 0.6 is 11.8 Å². The minimum absolute atomic E-state index is 0.266. The van der Waals surface area contributed by atoms with E-state index in [2.05, 4.69) is 15.6 Å². The van der Waals surface area contributed by atoms with Crippen LogP contribution in [0.3, 0.4) is 0 Å². The number of hydrogen-bond acceptors (Lipinski definition) is 4. The number of methoxy groups -OCH3 is 1. The topological polar surface area (TPSA) is 63.2 Å². The Labute approximate surface area is 169 Å². The zero-order valence-corrected chi connectivity index (χ0v) is 17.0. The van der Waals surface area contributed by atoms with Crippen molar-refractivity contribution < 1.29 is 9.53 Å². The minimum Gasteiger partial charge on any atom is -0.496 e. The van der Waals surface area contributed by atoms with Crippen LogP contribution in [0.4, 0.5) is 16.2 Å². The summed E-state index contributed by atoms with van der Waals surface area (Å²) in [5, 5.41) is 5.63. The van der Waals surface area contributed by atoms with Gasteiger partial charge < -0.3 is 15.4 Å². The largest absolute Gasteiger partial charge is 0.496 e. The number of anilines is 2. The van der Waals surface area contributed by atoms with E-state index in [1.54, 1.807) is 18.9 Å². The molecule has 0 radical (unpaired) electrons. The van der Waals surface area contributed by atoms with Crippen LogP contribution in [-0.2, 0) is 5.75 Å². The van der Waals surface area contributed by atoms with Gasteiger partial charge in [0.05, 0.1) is 12.8 Å². The maximum Gasteiger partial charge on any atom is 0.323 e. The Morgan fingerprint density at radius 1 is 1.00 bits per heavy atom. The van der Waals surface area contributed by atoms with Gasteiger partial charge in [0.2, 0.25) is 0 Å². The zero-order valence-electron chi connectivity index (χ0n) is 16.2. The number of nitrogens with zero attached hydrogens (tertiary/aromatic N) is 1. The van der Waals surface area contributed by atoms with E-state index in [9.17, 15) is 4.79 Å². The summed E-state index contributed by atoms with van der Waals surface area (Å²) >= 11 is 1.70. The van der Waals surface area contributed by atoms with Gasteiger partial charge in [-0.25, -0.2) is 4.79 Å². The van der Waals surface area contributed by atoms with Crippen molar-refractivity contribution in [2.75, 3.05) is 17.7 Å². The molecule has 144 valence electrons. The van der Waals surface area contributed by atoms with Crippen LogP contribution in [0.1, 0.15) is 16.8 Å². The first-order chi connectivity index (χ1) is 13.6. The van der Waals surface area contributed by atoms with Gasteiger partial charge in [0, 0.05) is 39.3 Å². The fraction of sp³-hybridized carbons (Fsp3) is 0.182. The van der Waals surface area contributed by atoms with E-state index in [-0.39, 0.29) is 6.03 Å². The van der Waals surface area contributed by atoms with Crippen LogP contribution in [0, 0.1) is 13.8 Å². The van der Waals surface area contributed by atoms with E-state index in [0.717, 1.165) is 44.6 Å². The summed E-state index contributed by atoms with van der Waals surface area (Å²) in [5.74, 6) is 1.65. The van der Waals surface area contributed by atoms with Gasteiger partial charge in [-0.1, -0.05) is 18.2 Å². The van der Waals surface area contributed by atoms with Crippen LogP contribution < -0.4 is 15.4 Å². The lowest BCUT2D eigenvalue weighted by Gasteiger charge is -2.12. The molecule has 0 bridgehead atoms. The Kier molecular flexibility index (Phi) is 6.55. The number of benzene rings is 2. The van der Waals surface area contributed by atoms with E-state index in [1.165, 1.54) is 0 Å². The Balaban J connectivity index is 1.57. The third-order valence-corrected chi connectivity index (χ3v) is 5.29. The summed E-state index contributed by atoms with van der Waals surface area (Å²) in [5.41, 5.74) is 4.62. The number of hydrogen-bond donors (Lipinski definition) is 2. The standard InChI is InChI=1S/C22H23N3O2S/c1-15-13-23-20(16(2)21(15)27-3)14-28-19-11-9-18(10-12-19)25-22(26)24-17-7-5-4-6-8-17/h4-13H,14H2,1-3H3,(H2,24,25,26). The number of pyridine rings is 1. The molecule has 0 unspecified atom stereocenters. The summed E-state index contributed by atoms with van der Waals surface area (Å²) in [7, 11) is 1.69. The fourth-order valence-electron chi connectivity index (χ4n) is 2.82. The number of ether oxygens (including phenoxy) is 1. The van der Waals surface area contributed by atoms with E-state index >= 15 is 0 Å². The molecule has 6 heteroatoms. The molecular formula is C22H23N3O2S. The average Bonchev–Trinajstić information content (AvgIpc) is 2.69. The van der Waals surface area contributed by atoms with E-state index in [4.69, 9.17) is 4.74 Å². The number of aromatic nitrogens is 1. The quantitative estimate of drug-likeness (QED) is 0.532. The highest BCUT2D eigenvalue weighted by Gasteiger charge is 2.10. The third-order valence-electron chi connectivity index (χ3n) is 4.27. The predicted molar refractivity (Wildman–Crippen MR) is 115 cm³/mol. The molecule has 0 aliphatic rings. The van der Waals surface area contributed by atoms with E-state index < -0.39 is 0 Å². The smallest absolute Gasteiger partial charge is 0.323 e. The van der Waals surface area contributed by atoms with Gasteiger partial charge in [-0.3, -0.25) is 4.98 Å². The normalized spacial score (nSPS) is 10.4. The molecule has 2 amide bonds. The molecule has 3 rings (SSSR count). The van der Waals surface area contributed by atoms with Crippen LogP contribution in [-0.4, -0.2) is 18.1 Å². The lowest BCUT2D eigenvalue weighted by Crippen LogP contribution is -2.19. The number of rotatable bonds is 6. The highest BCUT2D eigenvalue weighted by atomic mass is 32.2. The number of carbonyl (C=O) groups is 1. The molecule has 0 fully saturated rings. The third kappa shape index (κ3) is 5.04. The molecule has 1 heterocycles. The molecule has 0 saturated carbocycles. The van der Waals surface area contributed by atoms with Gasteiger partial charge in [-0.2, -0.15) is 0 Å². The number of thioether (sulfide) groups is 1. The SMILES string of the molecule is COc1c(C)cnc(CSc2ccc(NC(=O)Nc3ccccc3)cc2)c1C. The molecule has 1 aromatic heterocycles. The van der Waals surface area contributed by atoms with Gasteiger partial charge in [0.1, 0.15) is 5.75 Å². The highest BCUT2D eigenvalue weighted by Crippen LogP contribution is 2.29. The van der Waals surface area contributed by atoms with Gasteiger partial charge in [0.25, 0.3) is 0 Å². The summed E-state index contributed by atoms with van der Waals surface area (Å²) in [4.78, 5) is 17.7. The number of para-hydroxylation sites is 1. The van der Waals surface area contributed by atoms with Crippen molar-refractivity contribution in [3.63, 3.8) is 0 Å². The van der Waals surface area contributed by atoms with Crippen molar-refractivity contribution in [2.45, 2.75) is 24.5 Å². The average molecular weight is 394 g/mol. The molecule has 0 aliphatic heterocycles. The maximum absolute atomic E-state index is 12.1. The van der Waals surface area contributed by atoms with Crippen molar-refractivity contribution in [2.24, 2.45) is 0 Å². The first-order valence-electron chi connectivity index (χ1n) is 8.92. The second-order valence-corrected chi connectivity index (χ2v) is 7.35. The lowest BCUT2D eigenvalue weighted by atomic mass is 10.1. The summed E-state index contributed by atoms with van der Waals surface area (Å²) in [6.45, 7) is 4.03. The Bertz CT molecular complexity index is 944. The Morgan fingerprint density at radius 3 is 2.29 bits per heavy atom. The summed E-state index contributed by atoms with van der Waals surface area (Å²) in [6, 6.07) is 16.8. The van der Waals surface area contributed by atoms with Crippen molar-refractivity contribution in [1.82, 2.24) is 4.98 Å². The van der Waals surface area contributed by atoms with Crippen LogP contribution in [0.5, 0.6) is 5.75 Å². The molecule has 2 N–H and O–H groups in total. The molecule has 5 nitrogen and oxygen atoms in total. The Hall–Kier alpha value is -2.99. The second kappa shape index (κ2) is 9.28. The van der Waals surface area contributed by atoms with Gasteiger partial charge in [-0.05, 0) is 50.2 Å². The second-order valence-electron chi connectivity index (χ2n) is 6.30. The first kappa shape index (κ1) is 19.8. The molecule has 0 saturated heterocycles. The minimum atomic E-state index is -0.266. The van der Waals surface area contributed by atoms with Crippen molar-refractivity contribution >= 4 is 29.2 Å². The summed E-state index contributed by atoms with van der Waals surface area (Å²) in [6.07, 6.45) is 1.85. The van der Waals surface area contributed by atoms with Crippen LogP contribution in [0.15, 0.2) is 65.7 Å². The van der Waals surface area contributed by atoms with Gasteiger partial charge in [0.15, 0.2) is 0 Å². The molecule has 28 heavy (non-hydrogen) atoms. The predicted octanol–water partition coefficient (Wildman–Crippen LogP) is 5.64. The maximum atomic E-state index is 12.1. The molecule has 0 atom stereocenters. The first-order valence-corrected chi connectivity index (χ1v) is 9.90. The Morgan fingerprint density at radius 2 is 1.64 bits per heavy atom. The lowest BCUT2D eigenvalue weighted by molar-refractivity contribution is 0.262. The van der Waals surface area contributed by atoms with Crippen molar-refractivity contribution in [3.05, 3.63) is 77.6 Å².